The van der Waals surface area contributed by atoms with Crippen LogP contribution in [-0.2, 0) is 4.43 Å². The average molecular weight is 527 g/mol. The standard InChI is InChI=1S/C35H62OSi/c1-23(2)12-13-27(9)31-16-17-32-30-15-14-28-22-29(36-37(24(3)4,25(5)6)26(7)8)18-20-34(28,10)33(30)19-21-35(31,32)11/h12-14,23-27,29-33H,15-22H2,1-11H3/b13-12+/t27-,29+,30+,31-,32+,33+,34+,35-/m1/s1. The van der Waals surface area contributed by atoms with Gasteiger partial charge >= 0.3 is 0 Å². The molecule has 212 valence electrons. The predicted molar refractivity (Wildman–Crippen MR) is 164 cm³/mol. The van der Waals surface area contributed by atoms with E-state index in [1.54, 1.807) is 5.57 Å². The molecule has 0 amide bonds. The maximum absolute atomic E-state index is 7.35. The van der Waals surface area contributed by atoms with E-state index in [-0.39, 0.29) is 0 Å². The molecular formula is C35H62OSi. The largest absolute Gasteiger partial charge is 0.413 e. The molecule has 8 atom stereocenters. The Hall–Kier alpha value is -0.343. The van der Waals surface area contributed by atoms with Gasteiger partial charge in [0.2, 0.25) is 8.32 Å². The van der Waals surface area contributed by atoms with Crippen molar-refractivity contribution >= 4 is 8.32 Å². The Bertz CT molecular complexity index is 830. The molecule has 4 rings (SSSR count). The van der Waals surface area contributed by atoms with Gasteiger partial charge in [-0.25, -0.2) is 0 Å². The smallest absolute Gasteiger partial charge is 0.200 e. The van der Waals surface area contributed by atoms with Gasteiger partial charge in [0.15, 0.2) is 0 Å². The van der Waals surface area contributed by atoms with E-state index in [9.17, 15) is 0 Å². The Balaban J connectivity index is 1.52. The first kappa shape index (κ1) is 29.6. The molecule has 4 aliphatic carbocycles. The highest BCUT2D eigenvalue weighted by Gasteiger charge is 2.59. The molecule has 0 unspecified atom stereocenters. The SMILES string of the molecule is CC(C)/C=C/[C@@H](C)[C@H]1CC[C@H]2[C@@H]3CC=C4C[C@@H](O[Si](C(C)C)(C(C)C)C(C)C)CC[C@]4(C)[C@H]3CC[C@]12C. The highest BCUT2D eigenvalue weighted by Crippen LogP contribution is 2.67. The number of hydrogen-bond acceptors (Lipinski definition) is 1. The number of fused-ring (bicyclic) bond motifs is 5. The first-order valence-corrected chi connectivity index (χ1v) is 18.5. The quantitative estimate of drug-likeness (QED) is 0.226. The Kier molecular flexibility index (Phi) is 8.74. The molecular weight excluding hydrogens is 464 g/mol. The third-order valence-electron chi connectivity index (χ3n) is 12.6. The van der Waals surface area contributed by atoms with Gasteiger partial charge in [0.25, 0.3) is 0 Å². The fourth-order valence-corrected chi connectivity index (χ4v) is 16.5. The molecule has 1 nitrogen and oxygen atoms in total. The van der Waals surface area contributed by atoms with Crippen molar-refractivity contribution in [3.63, 3.8) is 0 Å². The molecule has 0 aromatic rings. The molecule has 0 heterocycles. The highest BCUT2D eigenvalue weighted by atomic mass is 28.4. The van der Waals surface area contributed by atoms with Gasteiger partial charge in [0, 0.05) is 6.10 Å². The van der Waals surface area contributed by atoms with Gasteiger partial charge in [0.05, 0.1) is 0 Å². The van der Waals surface area contributed by atoms with Gasteiger partial charge < -0.3 is 4.43 Å². The second-order valence-electron chi connectivity index (χ2n) is 15.8. The van der Waals surface area contributed by atoms with E-state index in [2.05, 4.69) is 94.4 Å². The summed E-state index contributed by atoms with van der Waals surface area (Å²) in [6, 6.07) is 0. The molecule has 0 bridgehead atoms. The van der Waals surface area contributed by atoms with E-state index in [4.69, 9.17) is 4.43 Å². The van der Waals surface area contributed by atoms with Crippen LogP contribution in [-0.4, -0.2) is 14.4 Å². The molecule has 0 spiro atoms. The minimum atomic E-state index is -1.82. The fraction of sp³-hybridized carbons (Fsp3) is 0.886. The molecule has 0 radical (unpaired) electrons. The Morgan fingerprint density at radius 1 is 0.811 bits per heavy atom. The third-order valence-corrected chi connectivity index (χ3v) is 18.8. The molecule has 0 aliphatic heterocycles. The van der Waals surface area contributed by atoms with Crippen molar-refractivity contribution in [1.82, 2.24) is 0 Å². The zero-order chi connectivity index (χ0) is 27.3. The number of allylic oxidation sites excluding steroid dienone is 3. The van der Waals surface area contributed by atoms with Gasteiger partial charge in [-0.2, -0.15) is 0 Å². The zero-order valence-corrected chi connectivity index (χ0v) is 27.6. The second kappa shape index (κ2) is 10.9. The molecule has 0 saturated heterocycles. The summed E-state index contributed by atoms with van der Waals surface area (Å²) in [5.41, 5.74) is 4.78. The molecule has 0 N–H and O–H groups in total. The van der Waals surface area contributed by atoms with Crippen molar-refractivity contribution in [1.29, 1.82) is 0 Å². The minimum absolute atomic E-state index is 0.420. The lowest BCUT2D eigenvalue weighted by Gasteiger charge is -2.59. The molecule has 0 aromatic carbocycles. The summed E-state index contributed by atoms with van der Waals surface area (Å²) in [6.07, 6.45) is 19.2. The van der Waals surface area contributed by atoms with Crippen molar-refractivity contribution in [2.45, 2.75) is 150 Å². The van der Waals surface area contributed by atoms with Crippen molar-refractivity contribution in [3.8, 4) is 0 Å². The first-order valence-electron chi connectivity index (χ1n) is 16.3. The van der Waals surface area contributed by atoms with E-state index in [0.717, 1.165) is 29.6 Å². The van der Waals surface area contributed by atoms with Crippen LogP contribution in [0.4, 0.5) is 0 Å². The molecule has 0 aromatic heterocycles. The maximum Gasteiger partial charge on any atom is 0.200 e. The number of rotatable bonds is 8. The first-order chi connectivity index (χ1) is 17.3. The van der Waals surface area contributed by atoms with Crippen LogP contribution in [0.25, 0.3) is 0 Å². The topological polar surface area (TPSA) is 9.23 Å². The maximum atomic E-state index is 7.35. The van der Waals surface area contributed by atoms with Gasteiger partial charge in [-0.1, -0.05) is 100.0 Å². The molecule has 2 heteroatoms. The van der Waals surface area contributed by atoms with E-state index in [0.29, 0.717) is 39.5 Å². The highest BCUT2D eigenvalue weighted by molar-refractivity contribution is 6.77. The van der Waals surface area contributed by atoms with Crippen LogP contribution in [0, 0.1) is 46.3 Å². The summed E-state index contributed by atoms with van der Waals surface area (Å²) in [6.45, 7) is 27.2. The average Bonchev–Trinajstić information content (AvgIpc) is 3.17. The lowest BCUT2D eigenvalue weighted by Crippen LogP contribution is -2.53. The fourth-order valence-electron chi connectivity index (χ4n) is 10.9. The van der Waals surface area contributed by atoms with Crippen molar-refractivity contribution in [3.05, 3.63) is 23.8 Å². The summed E-state index contributed by atoms with van der Waals surface area (Å²) >= 11 is 0. The van der Waals surface area contributed by atoms with Crippen LogP contribution in [0.3, 0.4) is 0 Å². The lowest BCUT2D eigenvalue weighted by molar-refractivity contribution is -0.0534. The van der Waals surface area contributed by atoms with Gasteiger partial charge in [-0.05, 0) is 114 Å². The van der Waals surface area contributed by atoms with Crippen LogP contribution < -0.4 is 0 Å². The summed E-state index contributed by atoms with van der Waals surface area (Å²) in [5.74, 6) is 4.99. The van der Waals surface area contributed by atoms with Crippen molar-refractivity contribution < 1.29 is 4.43 Å². The second-order valence-corrected chi connectivity index (χ2v) is 21.2. The summed E-state index contributed by atoms with van der Waals surface area (Å²) < 4.78 is 7.35. The van der Waals surface area contributed by atoms with Crippen LogP contribution >= 0.6 is 0 Å². The monoisotopic (exact) mass is 526 g/mol. The van der Waals surface area contributed by atoms with Crippen molar-refractivity contribution in [2.75, 3.05) is 0 Å². The third kappa shape index (κ3) is 5.02. The van der Waals surface area contributed by atoms with E-state index in [1.807, 2.05) is 0 Å². The molecule has 3 saturated carbocycles. The predicted octanol–water partition coefficient (Wildman–Crippen LogP) is 11.0. The van der Waals surface area contributed by atoms with E-state index in [1.165, 1.54) is 51.4 Å². The zero-order valence-electron chi connectivity index (χ0n) is 26.6. The summed E-state index contributed by atoms with van der Waals surface area (Å²) in [5, 5.41) is 0. The number of hydrogen-bond donors (Lipinski definition) is 0. The lowest BCUT2D eigenvalue weighted by atomic mass is 9.47. The van der Waals surface area contributed by atoms with Crippen LogP contribution in [0.2, 0.25) is 16.6 Å². The molecule has 37 heavy (non-hydrogen) atoms. The van der Waals surface area contributed by atoms with E-state index >= 15 is 0 Å². The summed E-state index contributed by atoms with van der Waals surface area (Å²) in [7, 11) is -1.82. The van der Waals surface area contributed by atoms with Crippen LogP contribution in [0.15, 0.2) is 23.8 Å². The van der Waals surface area contributed by atoms with E-state index < -0.39 is 8.32 Å². The van der Waals surface area contributed by atoms with Gasteiger partial charge in [-0.15, -0.1) is 0 Å². The normalized spacial score (nSPS) is 39.3. The van der Waals surface area contributed by atoms with Crippen molar-refractivity contribution in [2.24, 2.45) is 46.3 Å². The Morgan fingerprint density at radius 2 is 1.46 bits per heavy atom. The van der Waals surface area contributed by atoms with Crippen LogP contribution in [0.5, 0.6) is 0 Å². The van der Waals surface area contributed by atoms with Gasteiger partial charge in [-0.3, -0.25) is 0 Å². The summed E-state index contributed by atoms with van der Waals surface area (Å²) in [4.78, 5) is 0. The Morgan fingerprint density at radius 3 is 2.05 bits per heavy atom. The van der Waals surface area contributed by atoms with Crippen LogP contribution in [0.1, 0.15) is 128 Å². The minimum Gasteiger partial charge on any atom is -0.413 e. The molecule has 4 aliphatic rings. The van der Waals surface area contributed by atoms with Gasteiger partial charge in [0.1, 0.15) is 0 Å². The molecule has 3 fully saturated rings. The Labute approximate surface area is 232 Å².